The molecule has 1 aromatic carbocycles. The topological polar surface area (TPSA) is 162 Å². The van der Waals surface area contributed by atoms with Crippen LogP contribution in [0.1, 0.15) is 71.6 Å². The van der Waals surface area contributed by atoms with Gasteiger partial charge in [-0.25, -0.2) is 14.4 Å². The minimum Gasteiger partial charge on any atom is -0.501 e. The Bertz CT molecular complexity index is 1640. The van der Waals surface area contributed by atoms with Gasteiger partial charge >= 0.3 is 11.8 Å². The Morgan fingerprint density at radius 3 is 2.52 bits per heavy atom. The second kappa shape index (κ2) is 10.7. The molecule has 3 aromatic rings. The number of aromatic hydroxyl groups is 1. The van der Waals surface area contributed by atoms with Crippen molar-refractivity contribution in [2.75, 3.05) is 14.1 Å². The van der Waals surface area contributed by atoms with Gasteiger partial charge in [-0.15, -0.1) is 0 Å². The Hall–Kier alpha value is -4.55. The van der Waals surface area contributed by atoms with Crippen molar-refractivity contribution >= 4 is 17.7 Å². The monoisotopic (exact) mass is 579 g/mol. The first kappa shape index (κ1) is 29.0. The summed E-state index contributed by atoms with van der Waals surface area (Å²) in [6, 6.07) is 4.39. The molecule has 1 saturated carbocycles. The number of nitrogens with zero attached hydrogens (tertiary/aromatic N) is 4. The smallest absolute Gasteiger partial charge is 0.311 e. The maximum Gasteiger partial charge on any atom is 0.311 e. The molecular formula is C29H34FN7O5. The summed E-state index contributed by atoms with van der Waals surface area (Å²) in [5.74, 6) is -2.76. The molecule has 1 fully saturated rings. The van der Waals surface area contributed by atoms with E-state index in [9.17, 15) is 28.7 Å². The van der Waals surface area contributed by atoms with Gasteiger partial charge in [0, 0.05) is 50.9 Å². The van der Waals surface area contributed by atoms with Crippen molar-refractivity contribution in [2.24, 2.45) is 0 Å². The van der Waals surface area contributed by atoms with Crippen LogP contribution in [0.4, 0.5) is 4.39 Å². The van der Waals surface area contributed by atoms with Crippen LogP contribution in [-0.2, 0) is 40.1 Å². The van der Waals surface area contributed by atoms with Gasteiger partial charge in [0.25, 0.3) is 11.5 Å². The van der Waals surface area contributed by atoms with E-state index in [1.807, 2.05) is 6.92 Å². The molecule has 6 rings (SSSR count). The van der Waals surface area contributed by atoms with Crippen LogP contribution in [0, 0.1) is 12.7 Å². The molecule has 222 valence electrons. The first-order chi connectivity index (χ1) is 19.9. The number of nitrogens with one attached hydrogen (secondary N) is 3. The summed E-state index contributed by atoms with van der Waals surface area (Å²) in [5, 5.41) is 16.4. The second-order valence-corrected chi connectivity index (χ2v) is 11.4. The lowest BCUT2D eigenvalue weighted by molar-refractivity contribution is -0.145. The molecule has 3 amide bonds. The predicted molar refractivity (Wildman–Crippen MR) is 149 cm³/mol. The van der Waals surface area contributed by atoms with Crippen LogP contribution in [0.5, 0.6) is 5.75 Å². The van der Waals surface area contributed by atoms with Crippen molar-refractivity contribution in [3.63, 3.8) is 0 Å². The third-order valence-corrected chi connectivity index (χ3v) is 8.47. The highest BCUT2D eigenvalue weighted by atomic mass is 19.1. The largest absolute Gasteiger partial charge is 0.501 e. The lowest BCUT2D eigenvalue weighted by Crippen LogP contribution is -2.54. The molecule has 12 nitrogen and oxygen atoms in total. The quantitative estimate of drug-likeness (QED) is 0.322. The van der Waals surface area contributed by atoms with E-state index in [0.717, 1.165) is 16.4 Å². The number of aromatic amines is 1. The summed E-state index contributed by atoms with van der Waals surface area (Å²) >= 11 is 0. The third-order valence-electron chi connectivity index (χ3n) is 8.47. The fraction of sp³-hybridized carbons (Fsp3) is 0.448. The molecule has 42 heavy (non-hydrogen) atoms. The van der Waals surface area contributed by atoms with E-state index in [4.69, 9.17) is 0 Å². The minimum atomic E-state index is -1.24. The molecule has 0 spiro atoms. The summed E-state index contributed by atoms with van der Waals surface area (Å²) in [5.41, 5.74) is -1.29. The van der Waals surface area contributed by atoms with Gasteiger partial charge in [-0.2, -0.15) is 0 Å². The summed E-state index contributed by atoms with van der Waals surface area (Å²) in [6.07, 6.45) is 4.13. The van der Waals surface area contributed by atoms with Crippen molar-refractivity contribution in [1.29, 1.82) is 0 Å². The van der Waals surface area contributed by atoms with E-state index in [1.165, 1.54) is 30.8 Å². The highest BCUT2D eigenvalue weighted by molar-refractivity contribution is 6.35. The van der Waals surface area contributed by atoms with Crippen LogP contribution < -0.4 is 16.2 Å². The molecule has 2 aromatic heterocycles. The molecule has 1 aliphatic carbocycles. The van der Waals surface area contributed by atoms with Crippen LogP contribution in [0.2, 0.25) is 0 Å². The molecule has 2 bridgehead atoms. The van der Waals surface area contributed by atoms with Gasteiger partial charge in [-0.1, -0.05) is 19.1 Å². The van der Waals surface area contributed by atoms with E-state index in [0.29, 0.717) is 43.2 Å². The number of halogens is 1. The minimum absolute atomic E-state index is 0.00139. The van der Waals surface area contributed by atoms with Crippen molar-refractivity contribution in [1.82, 2.24) is 35.1 Å². The maximum absolute atomic E-state index is 13.7. The number of benzene rings is 1. The molecule has 4 heterocycles. The standard InChI is InChI=1S/C29H34FN7O5/c1-5-20-31-14-19(33-20)28-8-10-29(11-9-28,35-24(40)26(42)36(3)4)27-34-21(22(38)25(41)37(27)15-28)23(39)32-13-17-6-7-18(30)16(2)12-17/h6-7,12,14,38H,5,8-11,13,15H2,1-4H3,(H,31,33)(H,32,39)(H,35,40). The third kappa shape index (κ3) is 4.92. The number of carbonyl (C=O) groups excluding carboxylic acids is 3. The molecular weight excluding hydrogens is 545 g/mol. The molecule has 0 saturated heterocycles. The van der Waals surface area contributed by atoms with Crippen LogP contribution in [0.3, 0.4) is 0 Å². The fourth-order valence-electron chi connectivity index (χ4n) is 5.96. The Kier molecular flexibility index (Phi) is 7.37. The van der Waals surface area contributed by atoms with Gasteiger partial charge in [-0.3, -0.25) is 23.7 Å². The van der Waals surface area contributed by atoms with E-state index >= 15 is 0 Å². The molecule has 4 N–H and O–H groups in total. The van der Waals surface area contributed by atoms with Gasteiger partial charge in [0.05, 0.1) is 5.54 Å². The number of H-pyrrole nitrogens is 1. The zero-order valence-electron chi connectivity index (χ0n) is 24.0. The number of rotatable bonds is 6. The van der Waals surface area contributed by atoms with E-state index in [2.05, 4.69) is 25.6 Å². The number of carbonyl (C=O) groups is 3. The van der Waals surface area contributed by atoms with Crippen LogP contribution in [0.15, 0.2) is 29.2 Å². The first-order valence-corrected chi connectivity index (χ1v) is 13.9. The lowest BCUT2D eigenvalue weighted by atomic mass is 9.67. The first-order valence-electron chi connectivity index (χ1n) is 13.9. The van der Waals surface area contributed by atoms with Gasteiger partial charge in [0.1, 0.15) is 17.5 Å². The summed E-state index contributed by atoms with van der Waals surface area (Å²) in [4.78, 5) is 66.0. The number of hydrogen-bond donors (Lipinski definition) is 4. The number of hydrogen-bond acceptors (Lipinski definition) is 7. The van der Waals surface area contributed by atoms with Gasteiger partial charge in [-0.05, 0) is 49.8 Å². The number of aromatic nitrogens is 4. The molecule has 0 atom stereocenters. The SMILES string of the molecule is CCc1ncc(C23CCC(NC(=O)C(=O)N(C)C)(CC2)c2nc(C(=O)NCc4ccc(F)c(C)c4)c(O)c(=O)n2C3)[nH]1. The number of likely N-dealkylation sites (N-methyl/N-ethyl adjacent to an activating group) is 1. The van der Waals surface area contributed by atoms with Crippen molar-refractivity contribution in [3.05, 3.63) is 74.7 Å². The van der Waals surface area contributed by atoms with Crippen molar-refractivity contribution in [2.45, 2.75) is 70.0 Å². The van der Waals surface area contributed by atoms with E-state index < -0.39 is 45.7 Å². The van der Waals surface area contributed by atoms with Crippen molar-refractivity contribution < 1.29 is 23.9 Å². The summed E-state index contributed by atoms with van der Waals surface area (Å²) in [7, 11) is 2.92. The Morgan fingerprint density at radius 2 is 1.90 bits per heavy atom. The highest BCUT2D eigenvalue weighted by Crippen LogP contribution is 2.50. The van der Waals surface area contributed by atoms with Crippen molar-refractivity contribution in [3.8, 4) is 5.75 Å². The van der Waals surface area contributed by atoms with Gasteiger partial charge in [0.15, 0.2) is 5.69 Å². The zero-order valence-corrected chi connectivity index (χ0v) is 24.0. The number of imidazole rings is 1. The molecule has 0 radical (unpaired) electrons. The zero-order chi connectivity index (χ0) is 30.4. The highest BCUT2D eigenvalue weighted by Gasteiger charge is 2.53. The molecule has 13 heteroatoms. The summed E-state index contributed by atoms with van der Waals surface area (Å²) in [6.45, 7) is 3.71. The average molecular weight is 580 g/mol. The number of aryl methyl sites for hydroxylation is 2. The fourth-order valence-corrected chi connectivity index (χ4v) is 5.96. The Morgan fingerprint density at radius 1 is 1.19 bits per heavy atom. The predicted octanol–water partition coefficient (Wildman–Crippen LogP) is 1.54. The van der Waals surface area contributed by atoms with Crippen LogP contribution in [0.25, 0.3) is 0 Å². The number of fused-ring (bicyclic) bond motifs is 2. The van der Waals surface area contributed by atoms with Gasteiger partial charge < -0.3 is 25.6 Å². The maximum atomic E-state index is 13.7. The summed E-state index contributed by atoms with van der Waals surface area (Å²) < 4.78 is 15.0. The second-order valence-electron chi connectivity index (χ2n) is 11.4. The van der Waals surface area contributed by atoms with Gasteiger partial charge in [0.2, 0.25) is 5.75 Å². The average Bonchev–Trinajstić information content (AvgIpc) is 3.37. The van der Waals surface area contributed by atoms with E-state index in [1.54, 1.807) is 19.2 Å². The number of amides is 3. The Balaban J connectivity index is 1.57. The van der Waals surface area contributed by atoms with Crippen LogP contribution >= 0.6 is 0 Å². The Labute approximate surface area is 241 Å². The molecule has 2 aliphatic heterocycles. The molecule has 3 aliphatic rings. The lowest BCUT2D eigenvalue weighted by Gasteiger charge is -2.41. The molecule has 0 unspecified atom stereocenters. The van der Waals surface area contributed by atoms with E-state index in [-0.39, 0.29) is 24.7 Å². The normalized spacial score (nSPS) is 20.9. The van der Waals surface area contributed by atoms with Crippen LogP contribution in [-0.4, -0.2) is 61.3 Å².